The largest absolute Gasteiger partial charge is 0.369 e. The molecule has 0 radical (unpaired) electrons. The summed E-state index contributed by atoms with van der Waals surface area (Å²) in [6, 6.07) is 7.26. The predicted molar refractivity (Wildman–Crippen MR) is 90.0 cm³/mol. The van der Waals surface area contributed by atoms with Crippen LogP contribution in [0, 0.1) is 0 Å². The second kappa shape index (κ2) is 7.73. The average molecular weight is 397 g/mol. The summed E-state index contributed by atoms with van der Waals surface area (Å²) in [5.41, 5.74) is 12.1. The summed E-state index contributed by atoms with van der Waals surface area (Å²) in [5.74, 6) is -2.53. The lowest BCUT2D eigenvalue weighted by atomic mass is 10.1. The number of benzene rings is 1. The van der Waals surface area contributed by atoms with Crippen molar-refractivity contribution in [2.45, 2.75) is 18.8 Å². The van der Waals surface area contributed by atoms with Crippen LogP contribution in [-0.4, -0.2) is 35.8 Å². The highest BCUT2D eigenvalue weighted by Crippen LogP contribution is 2.27. The van der Waals surface area contributed by atoms with E-state index in [1.165, 1.54) is 0 Å². The zero-order valence-electron chi connectivity index (χ0n) is 11.7. The Kier molecular flexibility index (Phi) is 6.55. The lowest BCUT2D eigenvalue weighted by Crippen LogP contribution is -2.46. The zero-order chi connectivity index (χ0) is 15.5. The van der Waals surface area contributed by atoms with Crippen molar-refractivity contribution in [2.24, 2.45) is 21.5 Å². The number of rotatable bonds is 1. The van der Waals surface area contributed by atoms with E-state index in [9.17, 15) is 8.78 Å². The smallest absolute Gasteiger partial charge is 0.251 e. The molecule has 0 bridgehead atoms. The van der Waals surface area contributed by atoms with Crippen molar-refractivity contribution in [1.82, 2.24) is 4.90 Å². The third kappa shape index (κ3) is 5.10. The summed E-state index contributed by atoms with van der Waals surface area (Å²) < 4.78 is 26.9. The zero-order valence-corrected chi connectivity index (χ0v) is 14.1. The van der Waals surface area contributed by atoms with Gasteiger partial charge in [-0.2, -0.15) is 4.99 Å². The lowest BCUT2D eigenvalue weighted by Gasteiger charge is -2.32. The molecule has 1 aliphatic rings. The number of likely N-dealkylation sites (tertiary alicyclic amines) is 1. The van der Waals surface area contributed by atoms with Gasteiger partial charge in [0.25, 0.3) is 5.92 Å². The summed E-state index contributed by atoms with van der Waals surface area (Å²) >= 11 is 3.34. The summed E-state index contributed by atoms with van der Waals surface area (Å²) in [7, 11) is 0. The molecule has 1 aromatic rings. The van der Waals surface area contributed by atoms with E-state index in [2.05, 4.69) is 25.9 Å². The van der Waals surface area contributed by atoms with E-state index in [1.807, 2.05) is 18.2 Å². The van der Waals surface area contributed by atoms with Crippen LogP contribution in [0.5, 0.6) is 0 Å². The number of halogens is 4. The van der Waals surface area contributed by atoms with Gasteiger partial charge >= 0.3 is 0 Å². The van der Waals surface area contributed by atoms with Gasteiger partial charge in [0, 0.05) is 30.4 Å². The summed E-state index contributed by atoms with van der Waals surface area (Å²) in [6.07, 6.45) is -0.463. The van der Waals surface area contributed by atoms with Gasteiger partial charge in [-0.25, -0.2) is 13.8 Å². The van der Waals surface area contributed by atoms with Gasteiger partial charge in [0.15, 0.2) is 5.96 Å². The van der Waals surface area contributed by atoms with Crippen LogP contribution in [0.3, 0.4) is 0 Å². The first-order valence-corrected chi connectivity index (χ1v) is 7.22. The van der Waals surface area contributed by atoms with Gasteiger partial charge in [-0.15, -0.1) is 12.4 Å². The van der Waals surface area contributed by atoms with Crippen LogP contribution in [0.2, 0.25) is 0 Å². The van der Waals surface area contributed by atoms with Crippen molar-refractivity contribution in [2.75, 3.05) is 13.1 Å². The third-order valence-corrected chi connectivity index (χ3v) is 3.81. The Bertz CT molecular complexity index is 569. The van der Waals surface area contributed by atoms with Gasteiger partial charge in [0.05, 0.1) is 5.69 Å². The fraction of sp³-hybridized carbons (Fsp3) is 0.385. The molecular formula is C13H17BrClF2N5. The van der Waals surface area contributed by atoms with Gasteiger partial charge in [0.2, 0.25) is 5.96 Å². The molecule has 1 aromatic carbocycles. The molecule has 0 atom stereocenters. The number of alkyl halides is 2. The molecule has 1 fully saturated rings. The van der Waals surface area contributed by atoms with Crippen LogP contribution in [0.1, 0.15) is 12.8 Å². The SMILES string of the molecule is Cl.NC(=Nc1ccccc1Br)N=C(N)N1CCC(F)(F)CC1. The third-order valence-electron chi connectivity index (χ3n) is 3.14. The molecule has 5 nitrogen and oxygen atoms in total. The average Bonchev–Trinajstić information content (AvgIpc) is 2.41. The Morgan fingerprint density at radius 2 is 1.77 bits per heavy atom. The number of piperidine rings is 1. The number of guanidine groups is 2. The normalized spacial score (nSPS) is 18.8. The maximum Gasteiger partial charge on any atom is 0.251 e. The highest BCUT2D eigenvalue weighted by molar-refractivity contribution is 9.10. The Balaban J connectivity index is 0.00000242. The van der Waals surface area contributed by atoms with E-state index >= 15 is 0 Å². The Labute approximate surface area is 142 Å². The van der Waals surface area contributed by atoms with Crippen LogP contribution in [-0.2, 0) is 0 Å². The minimum Gasteiger partial charge on any atom is -0.369 e. The quantitative estimate of drug-likeness (QED) is 0.566. The first kappa shape index (κ1) is 18.6. The molecule has 1 saturated heterocycles. The summed E-state index contributed by atoms with van der Waals surface area (Å²) in [6.45, 7) is 0.315. The van der Waals surface area contributed by atoms with Gasteiger partial charge in [-0.1, -0.05) is 12.1 Å². The molecule has 1 aliphatic heterocycles. The van der Waals surface area contributed by atoms with E-state index in [1.54, 1.807) is 11.0 Å². The second-order valence-electron chi connectivity index (χ2n) is 4.73. The Hall–Kier alpha value is -1.41. The second-order valence-corrected chi connectivity index (χ2v) is 5.59. The van der Waals surface area contributed by atoms with Crippen molar-refractivity contribution in [3.05, 3.63) is 28.7 Å². The molecule has 0 spiro atoms. The standard InChI is InChI=1S/C13H16BrF2N5.ClH/c14-9-3-1-2-4-10(9)19-11(17)20-12(18)21-7-5-13(15,16)6-8-21;/h1-4H,5-8H2,(H4,17,18,19,20);1H. The monoisotopic (exact) mass is 395 g/mol. The first-order chi connectivity index (χ1) is 9.87. The number of aliphatic imine (C=N–C) groups is 2. The minimum atomic E-state index is -2.62. The number of hydrogen-bond donors (Lipinski definition) is 2. The van der Waals surface area contributed by atoms with Crippen LogP contribution < -0.4 is 11.5 Å². The van der Waals surface area contributed by atoms with E-state index in [0.29, 0.717) is 5.69 Å². The topological polar surface area (TPSA) is 80.0 Å². The van der Waals surface area contributed by atoms with Crippen LogP contribution in [0.25, 0.3) is 0 Å². The molecule has 9 heteroatoms. The maximum atomic E-state index is 13.1. The molecule has 0 amide bonds. The van der Waals surface area contributed by atoms with Crippen molar-refractivity contribution >= 4 is 45.9 Å². The van der Waals surface area contributed by atoms with Crippen molar-refractivity contribution in [3.8, 4) is 0 Å². The summed E-state index contributed by atoms with van der Waals surface area (Å²) in [5, 5.41) is 0. The predicted octanol–water partition coefficient (Wildman–Crippen LogP) is 2.86. The first-order valence-electron chi connectivity index (χ1n) is 6.43. The molecule has 0 aromatic heterocycles. The Morgan fingerprint density at radius 3 is 2.36 bits per heavy atom. The highest BCUT2D eigenvalue weighted by Gasteiger charge is 2.34. The number of nitrogens with two attached hydrogens (primary N) is 2. The molecule has 2 rings (SSSR count). The van der Waals surface area contributed by atoms with Crippen molar-refractivity contribution < 1.29 is 8.78 Å². The van der Waals surface area contributed by atoms with Gasteiger partial charge < -0.3 is 16.4 Å². The van der Waals surface area contributed by atoms with Crippen molar-refractivity contribution in [3.63, 3.8) is 0 Å². The van der Waals surface area contributed by atoms with Gasteiger partial charge in [-0.05, 0) is 28.1 Å². The number of para-hydroxylation sites is 1. The molecule has 0 aliphatic carbocycles. The van der Waals surface area contributed by atoms with Crippen LogP contribution >= 0.6 is 28.3 Å². The van der Waals surface area contributed by atoms with E-state index < -0.39 is 5.92 Å². The number of nitrogens with zero attached hydrogens (tertiary/aromatic N) is 3. The number of hydrogen-bond acceptors (Lipinski definition) is 1. The lowest BCUT2D eigenvalue weighted by molar-refractivity contribution is -0.0435. The minimum absolute atomic E-state index is 0. The molecule has 0 saturated carbocycles. The maximum absolute atomic E-state index is 13.1. The molecule has 22 heavy (non-hydrogen) atoms. The highest BCUT2D eigenvalue weighted by atomic mass is 79.9. The summed E-state index contributed by atoms with van der Waals surface area (Å²) in [4.78, 5) is 9.68. The molecule has 122 valence electrons. The molecular weight excluding hydrogens is 380 g/mol. The van der Waals surface area contributed by atoms with E-state index in [-0.39, 0.29) is 50.3 Å². The molecule has 1 heterocycles. The fourth-order valence-corrected chi connectivity index (χ4v) is 2.32. The van der Waals surface area contributed by atoms with Gasteiger partial charge in [-0.3, -0.25) is 0 Å². The van der Waals surface area contributed by atoms with E-state index in [4.69, 9.17) is 11.5 Å². The van der Waals surface area contributed by atoms with E-state index in [0.717, 1.165) is 4.47 Å². The molecule has 4 N–H and O–H groups in total. The Morgan fingerprint density at radius 1 is 1.18 bits per heavy atom. The van der Waals surface area contributed by atoms with Crippen molar-refractivity contribution in [1.29, 1.82) is 0 Å². The fourth-order valence-electron chi connectivity index (χ4n) is 1.94. The van der Waals surface area contributed by atoms with Gasteiger partial charge in [0.1, 0.15) is 0 Å². The van der Waals surface area contributed by atoms with Crippen LogP contribution in [0.4, 0.5) is 14.5 Å². The van der Waals surface area contributed by atoms with Crippen LogP contribution in [0.15, 0.2) is 38.7 Å². The molecule has 0 unspecified atom stereocenters.